The van der Waals surface area contributed by atoms with Crippen LogP contribution in [0.3, 0.4) is 0 Å². The summed E-state index contributed by atoms with van der Waals surface area (Å²) in [6.07, 6.45) is 0. The van der Waals surface area contributed by atoms with Crippen LogP contribution in [0.2, 0.25) is 0 Å². The molecule has 0 radical (unpaired) electrons. The van der Waals surface area contributed by atoms with Crippen LogP contribution in [-0.2, 0) is 14.3 Å². The molecule has 0 aliphatic carbocycles. The van der Waals surface area contributed by atoms with E-state index in [1.807, 2.05) is 26.8 Å². The number of hydrogen-bond donors (Lipinski definition) is 2. The van der Waals surface area contributed by atoms with Crippen molar-refractivity contribution in [3.05, 3.63) is 53.6 Å². The van der Waals surface area contributed by atoms with Crippen LogP contribution in [-0.4, -0.2) is 31.5 Å². The maximum Gasteiger partial charge on any atom is 0.343 e. The lowest BCUT2D eigenvalue weighted by atomic mass is 10.1. The Morgan fingerprint density at radius 2 is 1.79 bits per heavy atom. The van der Waals surface area contributed by atoms with Gasteiger partial charge < -0.3 is 20.1 Å². The van der Waals surface area contributed by atoms with E-state index < -0.39 is 5.97 Å². The number of nitrogens with one attached hydrogen (secondary N) is 2. The van der Waals surface area contributed by atoms with Crippen molar-refractivity contribution in [2.45, 2.75) is 20.8 Å². The standard InChI is InChI=1S/C21H24N2O5/c1-13(2)20(25)22-16-9-8-14(3)18(11-16)23-21(26)15-6-5-7-17(10-15)28-12-19(24)27-4/h5-11,13H,12H2,1-4H3,(H,22,25)(H,23,26). The van der Waals surface area contributed by atoms with Gasteiger partial charge in [-0.05, 0) is 42.8 Å². The van der Waals surface area contributed by atoms with Gasteiger partial charge in [-0.25, -0.2) is 4.79 Å². The van der Waals surface area contributed by atoms with E-state index in [1.165, 1.54) is 13.2 Å². The van der Waals surface area contributed by atoms with Crippen LogP contribution in [0.1, 0.15) is 29.8 Å². The second kappa shape index (κ2) is 9.55. The van der Waals surface area contributed by atoms with Crippen LogP contribution < -0.4 is 15.4 Å². The average molecular weight is 384 g/mol. The fourth-order valence-electron chi connectivity index (χ4n) is 2.24. The summed E-state index contributed by atoms with van der Waals surface area (Å²) in [5.74, 6) is -0.707. The topological polar surface area (TPSA) is 93.7 Å². The largest absolute Gasteiger partial charge is 0.482 e. The second-order valence-electron chi connectivity index (χ2n) is 6.52. The van der Waals surface area contributed by atoms with Crippen LogP contribution in [0, 0.1) is 12.8 Å². The van der Waals surface area contributed by atoms with Crippen molar-refractivity contribution in [2.24, 2.45) is 5.92 Å². The summed E-state index contributed by atoms with van der Waals surface area (Å²) in [5, 5.41) is 5.65. The number of esters is 1. The summed E-state index contributed by atoms with van der Waals surface area (Å²) >= 11 is 0. The summed E-state index contributed by atoms with van der Waals surface area (Å²) in [5.41, 5.74) is 2.43. The van der Waals surface area contributed by atoms with Crippen LogP contribution in [0.5, 0.6) is 5.75 Å². The van der Waals surface area contributed by atoms with Gasteiger partial charge in [0.2, 0.25) is 5.91 Å². The zero-order valence-corrected chi connectivity index (χ0v) is 16.4. The van der Waals surface area contributed by atoms with Crippen molar-refractivity contribution in [3.63, 3.8) is 0 Å². The van der Waals surface area contributed by atoms with Crippen molar-refractivity contribution >= 4 is 29.2 Å². The highest BCUT2D eigenvalue weighted by Crippen LogP contribution is 2.22. The Morgan fingerprint density at radius 1 is 1.04 bits per heavy atom. The lowest BCUT2D eigenvalue weighted by Crippen LogP contribution is -2.18. The minimum absolute atomic E-state index is 0.100. The molecule has 0 spiro atoms. The Morgan fingerprint density at radius 3 is 2.46 bits per heavy atom. The first-order valence-corrected chi connectivity index (χ1v) is 8.82. The van der Waals surface area contributed by atoms with Gasteiger partial charge in [-0.2, -0.15) is 0 Å². The van der Waals surface area contributed by atoms with E-state index in [1.54, 1.807) is 30.3 Å². The molecule has 0 aliphatic rings. The van der Waals surface area contributed by atoms with Gasteiger partial charge in [0.15, 0.2) is 6.61 Å². The van der Waals surface area contributed by atoms with Gasteiger partial charge in [0.1, 0.15) is 5.75 Å². The van der Waals surface area contributed by atoms with E-state index >= 15 is 0 Å². The number of benzene rings is 2. The van der Waals surface area contributed by atoms with Crippen LogP contribution in [0.25, 0.3) is 0 Å². The summed E-state index contributed by atoms with van der Waals surface area (Å²) in [6.45, 7) is 5.24. The molecule has 0 aliphatic heterocycles. The van der Waals surface area contributed by atoms with E-state index in [4.69, 9.17) is 4.74 Å². The summed E-state index contributed by atoms with van der Waals surface area (Å²) in [4.78, 5) is 35.7. The first-order chi connectivity index (χ1) is 13.3. The Hall–Kier alpha value is -3.35. The number of rotatable bonds is 7. The van der Waals surface area contributed by atoms with Crippen LogP contribution >= 0.6 is 0 Å². The number of hydrogen-bond acceptors (Lipinski definition) is 5. The normalized spacial score (nSPS) is 10.3. The average Bonchev–Trinajstić information content (AvgIpc) is 2.68. The molecular weight excluding hydrogens is 360 g/mol. The second-order valence-corrected chi connectivity index (χ2v) is 6.52. The zero-order valence-electron chi connectivity index (χ0n) is 16.4. The summed E-state index contributed by atoms with van der Waals surface area (Å²) in [7, 11) is 1.27. The van der Waals surface area contributed by atoms with Crippen molar-refractivity contribution in [2.75, 3.05) is 24.4 Å². The molecule has 28 heavy (non-hydrogen) atoms. The van der Waals surface area contributed by atoms with Crippen molar-refractivity contribution in [1.29, 1.82) is 0 Å². The van der Waals surface area contributed by atoms with E-state index in [0.29, 0.717) is 22.7 Å². The minimum atomic E-state index is -0.509. The minimum Gasteiger partial charge on any atom is -0.482 e. The molecule has 0 fully saturated rings. The van der Waals surface area contributed by atoms with Gasteiger partial charge in [-0.1, -0.05) is 26.0 Å². The predicted octanol–water partition coefficient (Wildman–Crippen LogP) is 3.39. The third-order valence-corrected chi connectivity index (χ3v) is 3.96. The first kappa shape index (κ1) is 21.0. The molecule has 0 unspecified atom stereocenters. The fraction of sp³-hybridized carbons (Fsp3) is 0.286. The Kier molecular flexibility index (Phi) is 7.14. The monoisotopic (exact) mass is 384 g/mol. The lowest BCUT2D eigenvalue weighted by Gasteiger charge is -2.13. The molecule has 0 saturated carbocycles. The molecule has 2 N–H and O–H groups in total. The molecule has 2 amide bonds. The third kappa shape index (κ3) is 5.84. The molecule has 0 bridgehead atoms. The third-order valence-electron chi connectivity index (χ3n) is 3.96. The number of carbonyl (C=O) groups is 3. The maximum atomic E-state index is 12.6. The SMILES string of the molecule is COC(=O)COc1cccc(C(=O)Nc2cc(NC(=O)C(C)C)ccc2C)c1. The molecule has 0 saturated heterocycles. The molecule has 2 aromatic rings. The molecule has 148 valence electrons. The number of aryl methyl sites for hydroxylation is 1. The van der Waals surface area contributed by atoms with E-state index in [2.05, 4.69) is 15.4 Å². The highest BCUT2D eigenvalue weighted by molar-refractivity contribution is 6.05. The predicted molar refractivity (Wildman–Crippen MR) is 107 cm³/mol. The molecule has 2 rings (SSSR count). The Bertz CT molecular complexity index is 877. The molecule has 2 aromatic carbocycles. The number of carbonyl (C=O) groups excluding carboxylic acids is 3. The summed E-state index contributed by atoms with van der Waals surface area (Å²) < 4.78 is 9.83. The number of methoxy groups -OCH3 is 1. The van der Waals surface area contributed by atoms with Gasteiger partial charge in [0.25, 0.3) is 5.91 Å². The quantitative estimate of drug-likeness (QED) is 0.714. The van der Waals surface area contributed by atoms with Gasteiger partial charge in [-0.15, -0.1) is 0 Å². The van der Waals surface area contributed by atoms with E-state index in [9.17, 15) is 14.4 Å². The smallest absolute Gasteiger partial charge is 0.343 e. The number of ether oxygens (including phenoxy) is 2. The number of amides is 2. The summed E-state index contributed by atoms with van der Waals surface area (Å²) in [6, 6.07) is 11.8. The van der Waals surface area contributed by atoms with Crippen LogP contribution in [0.4, 0.5) is 11.4 Å². The lowest BCUT2D eigenvalue weighted by molar-refractivity contribution is -0.142. The van der Waals surface area contributed by atoms with Gasteiger partial charge >= 0.3 is 5.97 Å². The molecule has 0 atom stereocenters. The van der Waals surface area contributed by atoms with Crippen molar-refractivity contribution in [3.8, 4) is 5.75 Å². The van der Waals surface area contributed by atoms with E-state index in [-0.39, 0.29) is 24.3 Å². The highest BCUT2D eigenvalue weighted by atomic mass is 16.6. The van der Waals surface area contributed by atoms with Crippen LogP contribution in [0.15, 0.2) is 42.5 Å². The fourth-order valence-corrected chi connectivity index (χ4v) is 2.24. The van der Waals surface area contributed by atoms with Gasteiger partial charge in [0, 0.05) is 22.9 Å². The van der Waals surface area contributed by atoms with Crippen molar-refractivity contribution in [1.82, 2.24) is 0 Å². The molecule has 7 heteroatoms. The maximum absolute atomic E-state index is 12.6. The molecule has 0 heterocycles. The zero-order chi connectivity index (χ0) is 20.7. The molecule has 7 nitrogen and oxygen atoms in total. The Labute approximate surface area is 164 Å². The first-order valence-electron chi connectivity index (χ1n) is 8.82. The molecule has 0 aromatic heterocycles. The van der Waals surface area contributed by atoms with Gasteiger partial charge in [-0.3, -0.25) is 9.59 Å². The van der Waals surface area contributed by atoms with Gasteiger partial charge in [0.05, 0.1) is 7.11 Å². The number of anilines is 2. The Balaban J connectivity index is 2.12. The highest BCUT2D eigenvalue weighted by Gasteiger charge is 2.12. The molecular formula is C21H24N2O5. The van der Waals surface area contributed by atoms with E-state index in [0.717, 1.165) is 5.56 Å². The van der Waals surface area contributed by atoms with Crippen molar-refractivity contribution < 1.29 is 23.9 Å².